The molecule has 0 saturated heterocycles. The molecule has 3 nitrogen and oxygen atoms in total. The number of benzene rings is 2. The monoisotopic (exact) mass is 295 g/mol. The van der Waals surface area contributed by atoms with E-state index in [1.807, 2.05) is 36.4 Å². The summed E-state index contributed by atoms with van der Waals surface area (Å²) >= 11 is 1.62. The van der Waals surface area contributed by atoms with Crippen molar-refractivity contribution in [1.29, 1.82) is 0 Å². The summed E-state index contributed by atoms with van der Waals surface area (Å²) in [5.74, 6) is 3.77. The van der Waals surface area contributed by atoms with E-state index in [4.69, 9.17) is 15.9 Å². The molecule has 0 unspecified atom stereocenters. The van der Waals surface area contributed by atoms with Gasteiger partial charge < -0.3 is 9.47 Å². The number of nitrogens with zero attached hydrogens (tertiary/aromatic N) is 1. The third-order valence-electron chi connectivity index (χ3n) is 3.02. The maximum absolute atomic E-state index is 5.66. The Balaban J connectivity index is 2.14. The number of terminal acetylenes is 1. The molecule has 21 heavy (non-hydrogen) atoms. The number of hydrogen-bond donors (Lipinski definition) is 0. The van der Waals surface area contributed by atoms with Crippen molar-refractivity contribution < 1.29 is 9.47 Å². The van der Waals surface area contributed by atoms with Crippen LogP contribution >= 0.6 is 11.3 Å². The molecular weight excluding hydrogens is 282 g/mol. The highest BCUT2D eigenvalue weighted by atomic mass is 32.1. The second-order valence-corrected chi connectivity index (χ2v) is 5.35. The molecule has 0 radical (unpaired) electrons. The number of ether oxygens (including phenoxy) is 2. The highest BCUT2D eigenvalue weighted by Gasteiger charge is 2.15. The van der Waals surface area contributed by atoms with Gasteiger partial charge in [0, 0.05) is 0 Å². The number of aromatic nitrogens is 1. The van der Waals surface area contributed by atoms with Gasteiger partial charge in [-0.2, -0.15) is 0 Å². The number of para-hydroxylation sites is 2. The van der Waals surface area contributed by atoms with Crippen LogP contribution in [0.25, 0.3) is 20.8 Å². The fourth-order valence-corrected chi connectivity index (χ4v) is 3.08. The Morgan fingerprint density at radius 1 is 1.19 bits per heavy atom. The maximum atomic E-state index is 5.66. The summed E-state index contributed by atoms with van der Waals surface area (Å²) in [5.41, 5.74) is 1.87. The lowest BCUT2D eigenvalue weighted by molar-refractivity contribution is 0.332. The van der Waals surface area contributed by atoms with E-state index in [-0.39, 0.29) is 6.61 Å². The van der Waals surface area contributed by atoms with Crippen molar-refractivity contribution >= 4 is 21.6 Å². The molecule has 0 fully saturated rings. The van der Waals surface area contributed by atoms with Gasteiger partial charge in [0.25, 0.3) is 0 Å². The van der Waals surface area contributed by atoms with Gasteiger partial charge in [-0.05, 0) is 24.3 Å². The SMILES string of the molecule is C#CCOc1c(OC)cccc1-c1nc2ccccc2s1. The molecule has 0 spiro atoms. The average molecular weight is 295 g/mol. The molecule has 0 atom stereocenters. The Morgan fingerprint density at radius 2 is 2.05 bits per heavy atom. The lowest BCUT2D eigenvalue weighted by Gasteiger charge is -2.12. The normalized spacial score (nSPS) is 10.3. The molecule has 0 aliphatic carbocycles. The summed E-state index contributed by atoms with van der Waals surface area (Å²) in [7, 11) is 1.61. The third kappa shape index (κ3) is 2.56. The number of hydrogen-bond acceptors (Lipinski definition) is 4. The topological polar surface area (TPSA) is 31.4 Å². The van der Waals surface area contributed by atoms with Crippen LogP contribution in [0.4, 0.5) is 0 Å². The van der Waals surface area contributed by atoms with Crippen molar-refractivity contribution in [2.24, 2.45) is 0 Å². The van der Waals surface area contributed by atoms with E-state index in [0.29, 0.717) is 11.5 Å². The molecule has 0 aliphatic heterocycles. The molecule has 2 aromatic carbocycles. The summed E-state index contributed by atoms with van der Waals surface area (Å²) in [6.45, 7) is 0.193. The fraction of sp³-hybridized carbons (Fsp3) is 0.118. The van der Waals surface area contributed by atoms with Gasteiger partial charge in [-0.25, -0.2) is 4.98 Å². The summed E-state index contributed by atoms with van der Waals surface area (Å²) in [5, 5.41) is 0.891. The molecule has 0 bridgehead atoms. The first kappa shape index (κ1) is 13.5. The van der Waals surface area contributed by atoms with Crippen LogP contribution in [0.5, 0.6) is 11.5 Å². The van der Waals surface area contributed by atoms with Crippen LogP contribution in [0.15, 0.2) is 42.5 Å². The lowest BCUT2D eigenvalue weighted by atomic mass is 10.2. The highest BCUT2D eigenvalue weighted by molar-refractivity contribution is 7.21. The van der Waals surface area contributed by atoms with Gasteiger partial charge in [-0.3, -0.25) is 0 Å². The molecule has 3 rings (SSSR count). The number of thiazole rings is 1. The average Bonchev–Trinajstić information content (AvgIpc) is 2.96. The molecule has 0 saturated carbocycles. The number of fused-ring (bicyclic) bond motifs is 1. The van der Waals surface area contributed by atoms with Gasteiger partial charge in [0.2, 0.25) is 0 Å². The van der Waals surface area contributed by atoms with Crippen molar-refractivity contribution in [3.05, 3.63) is 42.5 Å². The molecule has 3 aromatic rings. The molecular formula is C17H13NO2S. The smallest absolute Gasteiger partial charge is 0.172 e. The van der Waals surface area contributed by atoms with Crippen molar-refractivity contribution in [1.82, 2.24) is 4.98 Å². The van der Waals surface area contributed by atoms with Crippen LogP contribution in [0.1, 0.15) is 0 Å². The van der Waals surface area contributed by atoms with E-state index in [2.05, 4.69) is 17.0 Å². The van der Waals surface area contributed by atoms with E-state index in [1.165, 1.54) is 0 Å². The fourth-order valence-electron chi connectivity index (χ4n) is 2.10. The van der Waals surface area contributed by atoms with Crippen LogP contribution in [0.3, 0.4) is 0 Å². The summed E-state index contributed by atoms with van der Waals surface area (Å²) in [4.78, 5) is 4.66. The zero-order valence-electron chi connectivity index (χ0n) is 11.5. The van der Waals surface area contributed by atoms with Gasteiger partial charge >= 0.3 is 0 Å². The van der Waals surface area contributed by atoms with E-state index < -0.39 is 0 Å². The van der Waals surface area contributed by atoms with Crippen LogP contribution in [0, 0.1) is 12.3 Å². The van der Waals surface area contributed by atoms with Crippen molar-refractivity contribution in [3.63, 3.8) is 0 Å². The molecule has 0 aliphatic rings. The maximum Gasteiger partial charge on any atom is 0.172 e. The van der Waals surface area contributed by atoms with Crippen LogP contribution in [-0.4, -0.2) is 18.7 Å². The standard InChI is InChI=1S/C17H13NO2S/c1-3-11-20-16-12(7-6-9-14(16)19-2)17-18-13-8-4-5-10-15(13)21-17/h1,4-10H,11H2,2H3. The predicted molar refractivity (Wildman–Crippen MR) is 85.9 cm³/mol. The van der Waals surface area contributed by atoms with Crippen LogP contribution < -0.4 is 9.47 Å². The van der Waals surface area contributed by atoms with E-state index >= 15 is 0 Å². The lowest BCUT2D eigenvalue weighted by Crippen LogP contribution is -1.98. The Kier molecular flexibility index (Phi) is 3.76. The van der Waals surface area contributed by atoms with E-state index in [0.717, 1.165) is 20.8 Å². The van der Waals surface area contributed by atoms with Crippen molar-refractivity contribution in [3.8, 4) is 34.4 Å². The minimum atomic E-state index is 0.193. The first-order valence-electron chi connectivity index (χ1n) is 6.42. The first-order valence-corrected chi connectivity index (χ1v) is 7.24. The van der Waals surface area contributed by atoms with Gasteiger partial charge in [0.05, 0.1) is 22.9 Å². The zero-order valence-corrected chi connectivity index (χ0v) is 12.3. The Morgan fingerprint density at radius 3 is 2.81 bits per heavy atom. The van der Waals surface area contributed by atoms with Crippen LogP contribution in [0.2, 0.25) is 0 Å². The molecule has 0 amide bonds. The number of rotatable bonds is 4. The quantitative estimate of drug-likeness (QED) is 0.682. The summed E-state index contributed by atoms with van der Waals surface area (Å²) in [6.07, 6.45) is 5.29. The Hall–Kier alpha value is -2.51. The number of methoxy groups -OCH3 is 1. The Labute approximate surface area is 127 Å². The molecule has 1 heterocycles. The zero-order chi connectivity index (χ0) is 14.7. The largest absolute Gasteiger partial charge is 0.493 e. The Bertz CT molecular complexity index is 784. The van der Waals surface area contributed by atoms with E-state index in [1.54, 1.807) is 18.4 Å². The van der Waals surface area contributed by atoms with Gasteiger partial charge in [-0.1, -0.05) is 24.1 Å². The predicted octanol–water partition coefficient (Wildman–Crippen LogP) is 3.98. The van der Waals surface area contributed by atoms with Gasteiger partial charge in [0.1, 0.15) is 11.6 Å². The summed E-state index contributed by atoms with van der Waals surface area (Å²) in [6, 6.07) is 13.8. The van der Waals surface area contributed by atoms with Crippen molar-refractivity contribution in [2.75, 3.05) is 13.7 Å². The minimum Gasteiger partial charge on any atom is -0.493 e. The molecule has 0 N–H and O–H groups in total. The molecule has 4 heteroatoms. The van der Waals surface area contributed by atoms with Crippen molar-refractivity contribution in [2.45, 2.75) is 0 Å². The second kappa shape index (κ2) is 5.86. The molecule has 1 aromatic heterocycles. The van der Waals surface area contributed by atoms with Gasteiger partial charge in [0.15, 0.2) is 11.5 Å². The first-order chi connectivity index (χ1) is 10.3. The van der Waals surface area contributed by atoms with Gasteiger partial charge in [-0.15, -0.1) is 17.8 Å². The molecule has 104 valence electrons. The van der Waals surface area contributed by atoms with E-state index in [9.17, 15) is 0 Å². The third-order valence-corrected chi connectivity index (χ3v) is 4.09. The highest BCUT2D eigenvalue weighted by Crippen LogP contribution is 2.40. The summed E-state index contributed by atoms with van der Waals surface area (Å²) < 4.78 is 12.2. The second-order valence-electron chi connectivity index (χ2n) is 4.32. The van der Waals surface area contributed by atoms with Crippen LogP contribution in [-0.2, 0) is 0 Å². The minimum absolute atomic E-state index is 0.193.